The zero-order chi connectivity index (χ0) is 9.80. The van der Waals surface area contributed by atoms with Crippen molar-refractivity contribution in [3.63, 3.8) is 0 Å². The third-order valence-electron chi connectivity index (χ3n) is 2.49. The summed E-state index contributed by atoms with van der Waals surface area (Å²) >= 11 is 3.43. The average Bonchev–Trinajstić information content (AvgIpc) is 2.70. The molecule has 1 fully saturated rings. The van der Waals surface area contributed by atoms with E-state index in [1.54, 1.807) is 0 Å². The van der Waals surface area contributed by atoms with Crippen molar-refractivity contribution in [1.29, 1.82) is 0 Å². The Bertz CT molecular complexity index is 310. The minimum atomic E-state index is 1.14. The predicted molar refractivity (Wildman–Crippen MR) is 64.0 cm³/mol. The Hall–Kier alpha value is -0.760. The molecule has 0 radical (unpaired) electrons. The fourth-order valence-corrected chi connectivity index (χ4v) is 1.92. The molecule has 14 heavy (non-hydrogen) atoms. The molecule has 1 aliphatic heterocycles. The van der Waals surface area contributed by atoms with Gasteiger partial charge in [0.2, 0.25) is 0 Å². The minimum absolute atomic E-state index is 1.14. The van der Waals surface area contributed by atoms with Gasteiger partial charge in [-0.3, -0.25) is 0 Å². The van der Waals surface area contributed by atoms with E-state index in [0.29, 0.717) is 0 Å². The van der Waals surface area contributed by atoms with Crippen molar-refractivity contribution < 1.29 is 0 Å². The van der Waals surface area contributed by atoms with Gasteiger partial charge < -0.3 is 4.90 Å². The molecule has 0 aromatic heterocycles. The lowest BCUT2D eigenvalue weighted by Gasteiger charge is -2.09. The SMILES string of the molecule is Brc1ccc(C=CN2CCCC2)cc1. The van der Waals surface area contributed by atoms with Crippen LogP contribution in [0.5, 0.6) is 0 Å². The summed E-state index contributed by atoms with van der Waals surface area (Å²) < 4.78 is 1.14. The van der Waals surface area contributed by atoms with Gasteiger partial charge in [-0.05, 0) is 42.8 Å². The maximum absolute atomic E-state index is 3.43. The molecule has 0 amide bonds. The topological polar surface area (TPSA) is 3.24 Å². The number of nitrogens with zero attached hydrogens (tertiary/aromatic N) is 1. The molecule has 1 heterocycles. The van der Waals surface area contributed by atoms with Gasteiger partial charge in [-0.25, -0.2) is 0 Å². The summed E-state index contributed by atoms with van der Waals surface area (Å²) in [6, 6.07) is 8.39. The Morgan fingerprint density at radius 3 is 2.36 bits per heavy atom. The average molecular weight is 252 g/mol. The first-order valence-corrected chi connectivity index (χ1v) is 5.82. The van der Waals surface area contributed by atoms with Crippen LogP contribution < -0.4 is 0 Å². The van der Waals surface area contributed by atoms with Crippen molar-refractivity contribution in [3.8, 4) is 0 Å². The van der Waals surface area contributed by atoms with Gasteiger partial charge in [0.25, 0.3) is 0 Å². The Morgan fingerprint density at radius 2 is 1.71 bits per heavy atom. The highest BCUT2D eigenvalue weighted by Crippen LogP contribution is 2.13. The van der Waals surface area contributed by atoms with Gasteiger partial charge in [0.15, 0.2) is 0 Å². The van der Waals surface area contributed by atoms with Crippen molar-refractivity contribution in [2.75, 3.05) is 13.1 Å². The molecule has 2 heteroatoms. The smallest absolute Gasteiger partial charge is 0.0175 e. The van der Waals surface area contributed by atoms with Crippen LogP contribution in [0.1, 0.15) is 18.4 Å². The van der Waals surface area contributed by atoms with E-state index in [1.165, 1.54) is 31.5 Å². The summed E-state index contributed by atoms with van der Waals surface area (Å²) in [4.78, 5) is 2.38. The van der Waals surface area contributed by atoms with E-state index in [0.717, 1.165) is 4.47 Å². The number of benzene rings is 1. The highest BCUT2D eigenvalue weighted by atomic mass is 79.9. The molecule has 74 valence electrons. The van der Waals surface area contributed by atoms with Gasteiger partial charge in [0.1, 0.15) is 0 Å². The van der Waals surface area contributed by atoms with Crippen molar-refractivity contribution in [2.24, 2.45) is 0 Å². The monoisotopic (exact) mass is 251 g/mol. The molecular weight excluding hydrogens is 238 g/mol. The Labute approximate surface area is 93.6 Å². The molecule has 0 N–H and O–H groups in total. The standard InChI is InChI=1S/C12H14BrN/c13-12-5-3-11(4-6-12)7-10-14-8-1-2-9-14/h3-7,10H,1-2,8-9H2. The quantitative estimate of drug-likeness (QED) is 0.778. The number of rotatable bonds is 2. The maximum atomic E-state index is 3.43. The summed E-state index contributed by atoms with van der Waals surface area (Å²) in [6.45, 7) is 2.43. The first-order valence-electron chi connectivity index (χ1n) is 5.02. The summed E-state index contributed by atoms with van der Waals surface area (Å²) in [5, 5.41) is 0. The molecule has 0 unspecified atom stereocenters. The fraction of sp³-hybridized carbons (Fsp3) is 0.333. The van der Waals surface area contributed by atoms with Gasteiger partial charge >= 0.3 is 0 Å². The van der Waals surface area contributed by atoms with Crippen LogP contribution in [0.2, 0.25) is 0 Å². The van der Waals surface area contributed by atoms with Crippen LogP contribution in [0, 0.1) is 0 Å². The highest BCUT2D eigenvalue weighted by molar-refractivity contribution is 9.10. The van der Waals surface area contributed by atoms with E-state index in [4.69, 9.17) is 0 Å². The van der Waals surface area contributed by atoms with E-state index in [1.807, 2.05) is 0 Å². The molecule has 0 bridgehead atoms. The number of hydrogen-bond donors (Lipinski definition) is 0. The Balaban J connectivity index is 1.99. The molecule has 0 spiro atoms. The first-order chi connectivity index (χ1) is 6.84. The highest BCUT2D eigenvalue weighted by Gasteiger charge is 2.05. The van der Waals surface area contributed by atoms with Crippen molar-refractivity contribution >= 4 is 22.0 Å². The normalized spacial score (nSPS) is 16.8. The largest absolute Gasteiger partial charge is 0.377 e. The van der Waals surface area contributed by atoms with E-state index in [9.17, 15) is 0 Å². The van der Waals surface area contributed by atoms with Crippen molar-refractivity contribution in [2.45, 2.75) is 12.8 Å². The molecule has 0 aliphatic carbocycles. The summed E-state index contributed by atoms with van der Waals surface area (Å²) in [6.07, 6.45) is 7.06. The zero-order valence-electron chi connectivity index (χ0n) is 8.12. The van der Waals surface area contributed by atoms with E-state index < -0.39 is 0 Å². The second-order valence-electron chi connectivity index (χ2n) is 3.61. The molecule has 1 aromatic carbocycles. The summed E-state index contributed by atoms with van der Waals surface area (Å²) in [7, 11) is 0. The number of likely N-dealkylation sites (tertiary alicyclic amines) is 1. The number of hydrogen-bond acceptors (Lipinski definition) is 1. The van der Waals surface area contributed by atoms with Crippen molar-refractivity contribution in [1.82, 2.24) is 4.90 Å². The molecule has 1 saturated heterocycles. The molecule has 1 aromatic rings. The summed E-state index contributed by atoms with van der Waals surface area (Å²) in [5.41, 5.74) is 1.26. The molecule has 1 aliphatic rings. The van der Waals surface area contributed by atoms with Gasteiger partial charge in [0, 0.05) is 17.6 Å². The second-order valence-corrected chi connectivity index (χ2v) is 4.53. The van der Waals surface area contributed by atoms with Crippen LogP contribution in [0.15, 0.2) is 34.9 Å². The predicted octanol–water partition coefficient (Wildman–Crippen LogP) is 3.52. The van der Waals surface area contributed by atoms with Gasteiger partial charge in [0.05, 0.1) is 0 Å². The molecule has 1 nitrogen and oxygen atoms in total. The third-order valence-corrected chi connectivity index (χ3v) is 3.02. The lowest BCUT2D eigenvalue weighted by molar-refractivity contribution is 0.471. The Morgan fingerprint density at radius 1 is 1.07 bits per heavy atom. The Kier molecular flexibility index (Phi) is 3.25. The van der Waals surface area contributed by atoms with Gasteiger partial charge in [-0.2, -0.15) is 0 Å². The maximum Gasteiger partial charge on any atom is 0.0175 e. The van der Waals surface area contributed by atoms with Crippen LogP contribution >= 0.6 is 15.9 Å². The van der Waals surface area contributed by atoms with Crippen LogP contribution in [0.3, 0.4) is 0 Å². The van der Waals surface area contributed by atoms with Crippen LogP contribution in [0.25, 0.3) is 6.08 Å². The van der Waals surface area contributed by atoms with E-state index in [2.05, 4.69) is 57.4 Å². The van der Waals surface area contributed by atoms with Crippen LogP contribution in [-0.2, 0) is 0 Å². The molecular formula is C12H14BrN. The minimum Gasteiger partial charge on any atom is -0.377 e. The van der Waals surface area contributed by atoms with Crippen molar-refractivity contribution in [3.05, 3.63) is 40.5 Å². The first kappa shape index (κ1) is 9.78. The summed E-state index contributed by atoms with van der Waals surface area (Å²) in [5.74, 6) is 0. The van der Waals surface area contributed by atoms with Crippen LogP contribution in [-0.4, -0.2) is 18.0 Å². The van der Waals surface area contributed by atoms with Gasteiger partial charge in [-0.15, -0.1) is 0 Å². The van der Waals surface area contributed by atoms with E-state index >= 15 is 0 Å². The van der Waals surface area contributed by atoms with Crippen LogP contribution in [0.4, 0.5) is 0 Å². The lowest BCUT2D eigenvalue weighted by atomic mass is 10.2. The van der Waals surface area contributed by atoms with Gasteiger partial charge in [-0.1, -0.05) is 28.1 Å². The van der Waals surface area contributed by atoms with E-state index in [-0.39, 0.29) is 0 Å². The fourth-order valence-electron chi connectivity index (χ4n) is 1.66. The molecule has 2 rings (SSSR count). The zero-order valence-corrected chi connectivity index (χ0v) is 9.70. The second kappa shape index (κ2) is 4.65. The lowest BCUT2D eigenvalue weighted by Crippen LogP contribution is -2.09. The molecule has 0 atom stereocenters. The number of halogens is 1. The third kappa shape index (κ3) is 2.61. The molecule has 0 saturated carbocycles.